The average molecular weight is 320 g/mol. The summed E-state index contributed by atoms with van der Waals surface area (Å²) in [5.41, 5.74) is 1.02. The molecule has 0 amide bonds. The van der Waals surface area contributed by atoms with Crippen LogP contribution in [0.1, 0.15) is 22.8 Å². The van der Waals surface area contributed by atoms with Crippen molar-refractivity contribution in [3.05, 3.63) is 29.8 Å². The van der Waals surface area contributed by atoms with Crippen molar-refractivity contribution in [3.8, 4) is 5.75 Å². The zero-order valence-corrected chi connectivity index (χ0v) is 10.6. The molecule has 0 bridgehead atoms. The summed E-state index contributed by atoms with van der Waals surface area (Å²) in [5.74, 6) is 0.0449. The summed E-state index contributed by atoms with van der Waals surface area (Å²) in [7, 11) is 0. The van der Waals surface area contributed by atoms with E-state index in [4.69, 9.17) is 9.84 Å². The lowest BCUT2D eigenvalue weighted by molar-refractivity contribution is -0.143. The molecule has 3 nitrogen and oxygen atoms in total. The Labute approximate surface area is 103 Å². The van der Waals surface area contributed by atoms with Gasteiger partial charge in [0.05, 0.1) is 13.0 Å². The van der Waals surface area contributed by atoms with Crippen molar-refractivity contribution >= 4 is 28.6 Å². The molecule has 0 heterocycles. The topological polar surface area (TPSA) is 46.5 Å². The van der Waals surface area contributed by atoms with Gasteiger partial charge in [-0.15, -0.1) is 0 Å². The number of hydrogen-bond acceptors (Lipinski definition) is 3. The minimum Gasteiger partial charge on any atom is -0.508 e. The predicted octanol–water partition coefficient (Wildman–Crippen LogP) is 2.82. The summed E-state index contributed by atoms with van der Waals surface area (Å²) in [6, 6.07) is 6.86. The quantitative estimate of drug-likeness (QED) is 0.527. The number of benzene rings is 1. The number of phenolic OH excluding ortho intramolecular Hbond substituents is 1. The average Bonchev–Trinajstić information content (AvgIpc) is 2.18. The number of aromatic hydroxyl groups is 1. The van der Waals surface area contributed by atoms with E-state index in [0.29, 0.717) is 13.0 Å². The number of rotatable bonds is 4. The smallest absolute Gasteiger partial charge is 0.307 e. The molecule has 0 saturated heterocycles. The van der Waals surface area contributed by atoms with Crippen LogP contribution in [0.4, 0.5) is 0 Å². The Morgan fingerprint density at radius 2 is 2.07 bits per heavy atom. The molecule has 1 N–H and O–H groups in total. The molecule has 0 saturated carbocycles. The fourth-order valence-corrected chi connectivity index (χ4v) is 1.94. The number of esters is 1. The standard InChI is InChI=1S/C11H13IO3/c1-2-15-11(14)7-10(12)8-3-5-9(13)6-4-8/h3-6,10,13H,2,7H2,1H3/t10-/m1/s1. The number of carbonyl (C=O) groups is 1. The van der Waals surface area contributed by atoms with E-state index in [9.17, 15) is 4.79 Å². The lowest BCUT2D eigenvalue weighted by Gasteiger charge is -2.09. The molecule has 0 aliphatic heterocycles. The Morgan fingerprint density at radius 3 is 2.60 bits per heavy atom. The minimum atomic E-state index is -0.190. The van der Waals surface area contributed by atoms with Crippen LogP contribution in [0, 0.1) is 0 Å². The molecule has 1 aromatic rings. The molecule has 0 aliphatic carbocycles. The molecule has 1 rings (SSSR count). The zero-order chi connectivity index (χ0) is 11.3. The molecule has 0 unspecified atom stereocenters. The number of carbonyl (C=O) groups excluding carboxylic acids is 1. The highest BCUT2D eigenvalue weighted by Gasteiger charge is 2.13. The second-order valence-electron chi connectivity index (χ2n) is 3.07. The maximum Gasteiger partial charge on any atom is 0.307 e. The van der Waals surface area contributed by atoms with Gasteiger partial charge in [-0.25, -0.2) is 0 Å². The van der Waals surface area contributed by atoms with Crippen LogP contribution in [0.25, 0.3) is 0 Å². The van der Waals surface area contributed by atoms with E-state index in [1.54, 1.807) is 19.1 Å². The molecule has 0 radical (unpaired) electrons. The van der Waals surface area contributed by atoms with E-state index < -0.39 is 0 Å². The van der Waals surface area contributed by atoms with Crippen molar-refractivity contribution < 1.29 is 14.6 Å². The molecule has 1 aromatic carbocycles. The molecule has 0 aliphatic rings. The van der Waals surface area contributed by atoms with E-state index in [-0.39, 0.29) is 15.6 Å². The Morgan fingerprint density at radius 1 is 1.47 bits per heavy atom. The number of halogens is 1. The van der Waals surface area contributed by atoms with Crippen molar-refractivity contribution in [1.82, 2.24) is 0 Å². The van der Waals surface area contributed by atoms with Gasteiger partial charge in [0, 0.05) is 3.92 Å². The minimum absolute atomic E-state index is 0.0854. The first-order valence-electron chi connectivity index (χ1n) is 4.72. The third-order valence-corrected chi connectivity index (χ3v) is 3.07. The second kappa shape index (κ2) is 5.95. The van der Waals surface area contributed by atoms with Gasteiger partial charge in [0.25, 0.3) is 0 Å². The van der Waals surface area contributed by atoms with Crippen molar-refractivity contribution in [2.45, 2.75) is 17.3 Å². The van der Waals surface area contributed by atoms with Crippen molar-refractivity contribution in [1.29, 1.82) is 0 Å². The van der Waals surface area contributed by atoms with Crippen molar-refractivity contribution in [2.24, 2.45) is 0 Å². The summed E-state index contributed by atoms with van der Waals surface area (Å²) in [4.78, 5) is 11.2. The molecular formula is C11H13IO3. The van der Waals surface area contributed by atoms with E-state index in [1.165, 1.54) is 0 Å². The molecule has 82 valence electrons. The lowest BCUT2D eigenvalue weighted by atomic mass is 10.1. The number of phenols is 1. The largest absolute Gasteiger partial charge is 0.508 e. The van der Waals surface area contributed by atoms with Gasteiger partial charge in [0.1, 0.15) is 5.75 Å². The third-order valence-electron chi connectivity index (χ3n) is 1.91. The summed E-state index contributed by atoms with van der Waals surface area (Å²) < 4.78 is 4.95. The van der Waals surface area contributed by atoms with Gasteiger partial charge in [-0.05, 0) is 24.6 Å². The van der Waals surface area contributed by atoms with Gasteiger partial charge in [-0.3, -0.25) is 4.79 Å². The Hall–Kier alpha value is -0.780. The van der Waals surface area contributed by atoms with Gasteiger partial charge < -0.3 is 9.84 Å². The number of alkyl halides is 1. The first-order valence-corrected chi connectivity index (χ1v) is 5.96. The monoisotopic (exact) mass is 320 g/mol. The van der Waals surface area contributed by atoms with Crippen molar-refractivity contribution in [3.63, 3.8) is 0 Å². The first kappa shape index (κ1) is 12.3. The maximum atomic E-state index is 11.2. The van der Waals surface area contributed by atoms with Gasteiger partial charge in [-0.2, -0.15) is 0 Å². The Balaban J connectivity index is 2.57. The summed E-state index contributed by atoms with van der Waals surface area (Å²) in [6.07, 6.45) is 0.360. The van der Waals surface area contributed by atoms with Crippen LogP contribution >= 0.6 is 22.6 Å². The van der Waals surface area contributed by atoms with Crippen LogP contribution < -0.4 is 0 Å². The Bertz CT molecular complexity index is 321. The molecule has 1 atom stereocenters. The zero-order valence-electron chi connectivity index (χ0n) is 8.44. The lowest BCUT2D eigenvalue weighted by Crippen LogP contribution is -2.06. The first-order chi connectivity index (χ1) is 7.13. The van der Waals surface area contributed by atoms with Crippen LogP contribution in [0.3, 0.4) is 0 Å². The molecule has 15 heavy (non-hydrogen) atoms. The van der Waals surface area contributed by atoms with Crippen molar-refractivity contribution in [2.75, 3.05) is 6.61 Å². The van der Waals surface area contributed by atoms with Crippen LogP contribution in [0.5, 0.6) is 5.75 Å². The normalized spacial score (nSPS) is 12.1. The van der Waals surface area contributed by atoms with Gasteiger partial charge >= 0.3 is 5.97 Å². The van der Waals surface area contributed by atoms with Gasteiger partial charge in [0.15, 0.2) is 0 Å². The van der Waals surface area contributed by atoms with E-state index in [1.807, 2.05) is 12.1 Å². The van der Waals surface area contributed by atoms with Gasteiger partial charge in [0.2, 0.25) is 0 Å². The van der Waals surface area contributed by atoms with E-state index >= 15 is 0 Å². The second-order valence-corrected chi connectivity index (χ2v) is 4.57. The summed E-state index contributed by atoms with van der Waals surface area (Å²) >= 11 is 2.19. The molecular weight excluding hydrogens is 307 g/mol. The summed E-state index contributed by atoms with van der Waals surface area (Å²) in [6.45, 7) is 2.21. The highest BCUT2D eigenvalue weighted by molar-refractivity contribution is 14.1. The van der Waals surface area contributed by atoms with E-state index in [2.05, 4.69) is 22.6 Å². The molecule has 0 fully saturated rings. The fraction of sp³-hybridized carbons (Fsp3) is 0.364. The Kier molecular flexibility index (Phi) is 4.87. The van der Waals surface area contributed by atoms with Crippen LogP contribution in [-0.2, 0) is 9.53 Å². The number of hydrogen-bond donors (Lipinski definition) is 1. The fourth-order valence-electron chi connectivity index (χ4n) is 1.17. The van der Waals surface area contributed by atoms with E-state index in [0.717, 1.165) is 5.56 Å². The molecule has 0 aromatic heterocycles. The molecule has 0 spiro atoms. The van der Waals surface area contributed by atoms with Crippen LogP contribution in [-0.4, -0.2) is 17.7 Å². The van der Waals surface area contributed by atoms with Crippen LogP contribution in [0.15, 0.2) is 24.3 Å². The predicted molar refractivity (Wildman–Crippen MR) is 66.1 cm³/mol. The SMILES string of the molecule is CCOC(=O)C[C@@H](I)c1ccc(O)cc1. The highest BCUT2D eigenvalue weighted by Crippen LogP contribution is 2.28. The van der Waals surface area contributed by atoms with Crippen LogP contribution in [0.2, 0.25) is 0 Å². The summed E-state index contributed by atoms with van der Waals surface area (Å²) in [5, 5.41) is 9.11. The number of ether oxygens (including phenoxy) is 1. The molecule has 4 heteroatoms. The third kappa shape index (κ3) is 4.07. The highest BCUT2D eigenvalue weighted by atomic mass is 127. The maximum absolute atomic E-state index is 11.2. The van der Waals surface area contributed by atoms with Gasteiger partial charge in [-0.1, -0.05) is 34.7 Å².